The second-order valence-corrected chi connectivity index (χ2v) is 10.3. The highest BCUT2D eigenvalue weighted by Gasteiger charge is 2.31. The maximum atomic E-state index is 13.1. The van der Waals surface area contributed by atoms with E-state index < -0.39 is 17.6 Å². The van der Waals surface area contributed by atoms with Crippen LogP contribution in [0.25, 0.3) is 11.3 Å². The fraction of sp³-hybridized carbons (Fsp3) is 0.156. The molecular formula is C32H29F3N8O. The fourth-order valence-corrected chi connectivity index (χ4v) is 4.42. The van der Waals surface area contributed by atoms with Gasteiger partial charge in [-0.15, -0.1) is 0 Å². The van der Waals surface area contributed by atoms with Gasteiger partial charge in [0.25, 0.3) is 5.91 Å². The van der Waals surface area contributed by atoms with Crippen molar-refractivity contribution in [3.63, 3.8) is 0 Å². The molecule has 0 saturated carbocycles. The summed E-state index contributed by atoms with van der Waals surface area (Å²) in [5.41, 5.74) is 3.30. The molecule has 9 nitrogen and oxygen atoms in total. The van der Waals surface area contributed by atoms with Crippen LogP contribution in [0, 0.1) is 6.92 Å². The summed E-state index contributed by atoms with van der Waals surface area (Å²) in [6.45, 7) is 2.65. The lowest BCUT2D eigenvalue weighted by Gasteiger charge is -2.15. The molecule has 3 heterocycles. The molecule has 0 radical (unpaired) electrons. The highest BCUT2D eigenvalue weighted by Crippen LogP contribution is 2.32. The standard InChI is InChI=1S/C32H29F3N8O/c1-20-9-10-24(40-31(44)22-6-4-7-23(15-22)32(33,34)35)16-26(20)41-30-25(8-5-12-37-30)27-17-29(39-19-38-27)42-28-14-21(11-13-36-28)18-43(2)3/h4-17,19H,18H2,1-3H3,(H,37,41)(H,40,44)(H,36,38,39,42). The second-order valence-electron chi connectivity index (χ2n) is 10.3. The van der Waals surface area contributed by atoms with Gasteiger partial charge in [-0.05, 0) is 86.7 Å². The van der Waals surface area contributed by atoms with E-state index in [1.165, 1.54) is 18.5 Å². The van der Waals surface area contributed by atoms with E-state index in [4.69, 9.17) is 0 Å². The number of benzene rings is 2. The van der Waals surface area contributed by atoms with E-state index >= 15 is 0 Å². The van der Waals surface area contributed by atoms with Gasteiger partial charge in [-0.1, -0.05) is 12.1 Å². The lowest BCUT2D eigenvalue weighted by molar-refractivity contribution is -0.137. The van der Waals surface area contributed by atoms with Crippen LogP contribution in [0.15, 0.2) is 91.5 Å². The van der Waals surface area contributed by atoms with Crippen molar-refractivity contribution in [2.45, 2.75) is 19.6 Å². The van der Waals surface area contributed by atoms with Crippen molar-refractivity contribution in [1.29, 1.82) is 0 Å². The summed E-state index contributed by atoms with van der Waals surface area (Å²) >= 11 is 0. The number of amides is 1. The molecule has 1 amide bonds. The Morgan fingerprint density at radius 2 is 1.66 bits per heavy atom. The van der Waals surface area contributed by atoms with Crippen LogP contribution in [0.5, 0.6) is 0 Å². The normalized spacial score (nSPS) is 11.3. The van der Waals surface area contributed by atoms with Crippen LogP contribution in [-0.2, 0) is 12.7 Å². The number of rotatable bonds is 9. The molecule has 0 unspecified atom stereocenters. The minimum atomic E-state index is -4.55. The summed E-state index contributed by atoms with van der Waals surface area (Å²) in [6, 6.07) is 18.8. The third-order valence-electron chi connectivity index (χ3n) is 6.53. The van der Waals surface area contributed by atoms with Gasteiger partial charge in [-0.3, -0.25) is 4.79 Å². The number of aryl methyl sites for hydroxylation is 1. The number of aromatic nitrogens is 4. The third-order valence-corrected chi connectivity index (χ3v) is 6.53. The summed E-state index contributed by atoms with van der Waals surface area (Å²) in [5.74, 6) is 1.05. The number of anilines is 5. The first-order valence-electron chi connectivity index (χ1n) is 13.6. The minimum Gasteiger partial charge on any atom is -0.339 e. The Morgan fingerprint density at radius 1 is 0.841 bits per heavy atom. The van der Waals surface area contributed by atoms with E-state index in [0.717, 1.165) is 29.8 Å². The van der Waals surface area contributed by atoms with E-state index in [1.807, 2.05) is 39.2 Å². The number of nitrogens with zero attached hydrogens (tertiary/aromatic N) is 5. The van der Waals surface area contributed by atoms with Gasteiger partial charge in [0.1, 0.15) is 23.8 Å². The van der Waals surface area contributed by atoms with Crippen LogP contribution >= 0.6 is 0 Å². The predicted octanol–water partition coefficient (Wildman–Crippen LogP) is 7.06. The largest absolute Gasteiger partial charge is 0.416 e. The first kappa shape index (κ1) is 30.1. The molecule has 5 aromatic rings. The van der Waals surface area contributed by atoms with Gasteiger partial charge in [0.05, 0.1) is 11.3 Å². The molecule has 0 fully saturated rings. The fourth-order valence-electron chi connectivity index (χ4n) is 4.42. The molecule has 44 heavy (non-hydrogen) atoms. The number of carbonyl (C=O) groups is 1. The Hall–Kier alpha value is -5.36. The highest BCUT2D eigenvalue weighted by molar-refractivity contribution is 6.04. The molecule has 12 heteroatoms. The number of hydrogen-bond donors (Lipinski definition) is 3. The Morgan fingerprint density at radius 3 is 2.45 bits per heavy atom. The Kier molecular flexibility index (Phi) is 8.81. The molecule has 3 N–H and O–H groups in total. The Balaban J connectivity index is 1.36. The summed E-state index contributed by atoms with van der Waals surface area (Å²) < 4.78 is 39.4. The van der Waals surface area contributed by atoms with E-state index in [-0.39, 0.29) is 5.56 Å². The van der Waals surface area contributed by atoms with Crippen molar-refractivity contribution in [3.05, 3.63) is 114 Å². The van der Waals surface area contributed by atoms with Crippen molar-refractivity contribution >= 4 is 34.7 Å². The van der Waals surface area contributed by atoms with Gasteiger partial charge in [0.15, 0.2) is 0 Å². The zero-order valence-electron chi connectivity index (χ0n) is 24.1. The van der Waals surface area contributed by atoms with Crippen LogP contribution in [0.3, 0.4) is 0 Å². The molecule has 0 saturated heterocycles. The Labute approximate surface area is 252 Å². The average Bonchev–Trinajstić information content (AvgIpc) is 2.99. The minimum absolute atomic E-state index is 0.102. The number of hydrogen-bond acceptors (Lipinski definition) is 8. The summed E-state index contributed by atoms with van der Waals surface area (Å²) in [4.78, 5) is 32.6. The molecule has 0 aliphatic carbocycles. The molecule has 5 rings (SSSR count). The topological polar surface area (TPSA) is 108 Å². The van der Waals surface area contributed by atoms with Crippen LogP contribution in [0.2, 0.25) is 0 Å². The summed E-state index contributed by atoms with van der Waals surface area (Å²) in [6.07, 6.45) is 0.283. The molecule has 0 aliphatic rings. The van der Waals surface area contributed by atoms with Crippen molar-refractivity contribution in [1.82, 2.24) is 24.8 Å². The Bertz CT molecular complexity index is 1790. The maximum absolute atomic E-state index is 13.1. The lowest BCUT2D eigenvalue weighted by atomic mass is 10.1. The van der Waals surface area contributed by atoms with Crippen LogP contribution < -0.4 is 16.0 Å². The van der Waals surface area contributed by atoms with Gasteiger partial charge in [0.2, 0.25) is 0 Å². The summed E-state index contributed by atoms with van der Waals surface area (Å²) in [7, 11) is 4.00. The van der Waals surface area contributed by atoms with E-state index in [2.05, 4.69) is 40.8 Å². The van der Waals surface area contributed by atoms with E-state index in [0.29, 0.717) is 40.1 Å². The number of carbonyl (C=O) groups excluding carboxylic acids is 1. The quantitative estimate of drug-likeness (QED) is 0.166. The number of nitrogens with one attached hydrogen (secondary N) is 3. The van der Waals surface area contributed by atoms with Crippen LogP contribution in [-0.4, -0.2) is 44.8 Å². The second kappa shape index (κ2) is 12.9. The zero-order valence-corrected chi connectivity index (χ0v) is 24.1. The smallest absolute Gasteiger partial charge is 0.339 e. The van der Waals surface area contributed by atoms with Crippen molar-refractivity contribution in [2.24, 2.45) is 0 Å². The molecule has 3 aromatic heterocycles. The van der Waals surface area contributed by atoms with Crippen LogP contribution in [0.4, 0.5) is 42.0 Å². The number of halogens is 3. The molecule has 0 aliphatic heterocycles. The van der Waals surface area contributed by atoms with Crippen molar-refractivity contribution in [2.75, 3.05) is 30.0 Å². The molecule has 0 atom stereocenters. The molecule has 224 valence electrons. The first-order valence-corrected chi connectivity index (χ1v) is 13.6. The number of alkyl halides is 3. The van der Waals surface area contributed by atoms with E-state index in [1.54, 1.807) is 42.7 Å². The molecular weight excluding hydrogens is 569 g/mol. The highest BCUT2D eigenvalue weighted by atomic mass is 19.4. The van der Waals surface area contributed by atoms with Gasteiger partial charge in [-0.25, -0.2) is 19.9 Å². The van der Waals surface area contributed by atoms with Gasteiger partial charge in [-0.2, -0.15) is 13.2 Å². The van der Waals surface area contributed by atoms with Gasteiger partial charge in [0, 0.05) is 47.5 Å². The lowest BCUT2D eigenvalue weighted by Crippen LogP contribution is -2.14. The van der Waals surface area contributed by atoms with Crippen LogP contribution in [0.1, 0.15) is 27.0 Å². The molecule has 0 spiro atoms. The van der Waals surface area contributed by atoms with Gasteiger partial charge < -0.3 is 20.9 Å². The summed E-state index contributed by atoms with van der Waals surface area (Å²) in [5, 5.41) is 9.22. The molecule has 2 aromatic carbocycles. The zero-order chi connectivity index (χ0) is 31.3. The third kappa shape index (κ3) is 7.53. The SMILES string of the molecule is Cc1ccc(NC(=O)c2cccc(C(F)(F)F)c2)cc1Nc1ncccc1-c1cc(Nc2cc(CN(C)C)ccn2)ncn1. The average molecular weight is 599 g/mol. The van der Waals surface area contributed by atoms with E-state index in [9.17, 15) is 18.0 Å². The predicted molar refractivity (Wildman–Crippen MR) is 164 cm³/mol. The van der Waals surface area contributed by atoms with Crippen molar-refractivity contribution in [3.8, 4) is 11.3 Å². The maximum Gasteiger partial charge on any atom is 0.416 e. The molecule has 0 bridgehead atoms. The number of pyridine rings is 2. The van der Waals surface area contributed by atoms with Gasteiger partial charge >= 0.3 is 6.18 Å². The monoisotopic (exact) mass is 598 g/mol. The van der Waals surface area contributed by atoms with Crippen molar-refractivity contribution < 1.29 is 18.0 Å². The first-order chi connectivity index (χ1) is 21.0.